The van der Waals surface area contributed by atoms with Crippen LogP contribution >= 0.6 is 0 Å². The third-order valence-electron chi connectivity index (χ3n) is 3.52. The molecule has 0 bridgehead atoms. The number of morpholine rings is 1. The zero-order chi connectivity index (χ0) is 17.7. The van der Waals surface area contributed by atoms with Crippen molar-refractivity contribution in [2.24, 2.45) is 0 Å². The summed E-state index contributed by atoms with van der Waals surface area (Å²) in [5, 5.41) is 2.59. The lowest BCUT2D eigenvalue weighted by atomic mass is 10.2. The molecule has 0 aliphatic carbocycles. The van der Waals surface area contributed by atoms with Crippen LogP contribution < -0.4 is 5.32 Å². The number of nitrogens with one attached hydrogen (secondary N) is 1. The van der Waals surface area contributed by atoms with Gasteiger partial charge >= 0.3 is 5.97 Å². The number of carbonyl (C=O) groups is 3. The van der Waals surface area contributed by atoms with Gasteiger partial charge in [-0.2, -0.15) is 0 Å². The Morgan fingerprint density at radius 2 is 1.92 bits per heavy atom. The lowest BCUT2D eigenvalue weighted by molar-refractivity contribution is -0.146. The van der Waals surface area contributed by atoms with Crippen LogP contribution in [0.25, 0.3) is 0 Å². The molecule has 2 unspecified atom stereocenters. The molecule has 2 amide bonds. The van der Waals surface area contributed by atoms with Gasteiger partial charge in [0, 0.05) is 25.7 Å². The fraction of sp³-hybridized carbons (Fsp3) is 0.471. The molecule has 0 saturated carbocycles. The van der Waals surface area contributed by atoms with Gasteiger partial charge in [-0.3, -0.25) is 9.59 Å². The van der Waals surface area contributed by atoms with Crippen LogP contribution in [-0.4, -0.2) is 54.6 Å². The van der Waals surface area contributed by atoms with Crippen molar-refractivity contribution in [1.29, 1.82) is 0 Å². The Hall–Kier alpha value is -2.41. The first-order chi connectivity index (χ1) is 11.3. The average Bonchev–Trinajstić information content (AvgIpc) is 2.51. The summed E-state index contributed by atoms with van der Waals surface area (Å²) in [7, 11) is 0. The van der Waals surface area contributed by atoms with E-state index in [1.165, 1.54) is 13.0 Å². The number of esters is 1. The SMILES string of the molecule is CC(=O)Nc1cccc(C(=O)OCC(=O)N2CC(C)OC(C)C2)c1. The van der Waals surface area contributed by atoms with Crippen molar-refractivity contribution >= 4 is 23.5 Å². The number of nitrogens with zero attached hydrogens (tertiary/aromatic N) is 1. The molecule has 0 radical (unpaired) electrons. The minimum Gasteiger partial charge on any atom is -0.452 e. The Balaban J connectivity index is 1.90. The number of amides is 2. The van der Waals surface area contributed by atoms with Gasteiger partial charge in [-0.05, 0) is 32.0 Å². The van der Waals surface area contributed by atoms with Crippen molar-refractivity contribution in [2.45, 2.75) is 33.0 Å². The van der Waals surface area contributed by atoms with Crippen LogP contribution in [-0.2, 0) is 19.1 Å². The summed E-state index contributed by atoms with van der Waals surface area (Å²) in [5.74, 6) is -1.08. The van der Waals surface area contributed by atoms with Gasteiger partial charge in [0.2, 0.25) is 5.91 Å². The van der Waals surface area contributed by atoms with Crippen LogP contribution in [0.5, 0.6) is 0 Å². The van der Waals surface area contributed by atoms with E-state index in [0.717, 1.165) is 0 Å². The quantitative estimate of drug-likeness (QED) is 0.842. The summed E-state index contributed by atoms with van der Waals surface area (Å²) in [6.07, 6.45) is -0.0783. The number of benzene rings is 1. The van der Waals surface area contributed by atoms with Crippen molar-refractivity contribution in [3.63, 3.8) is 0 Å². The zero-order valence-electron chi connectivity index (χ0n) is 14.1. The number of rotatable bonds is 4. The molecule has 1 heterocycles. The van der Waals surface area contributed by atoms with E-state index in [0.29, 0.717) is 18.8 Å². The monoisotopic (exact) mass is 334 g/mol. The molecule has 1 aromatic rings. The van der Waals surface area contributed by atoms with Gasteiger partial charge in [0.15, 0.2) is 6.61 Å². The van der Waals surface area contributed by atoms with E-state index in [2.05, 4.69) is 5.32 Å². The smallest absolute Gasteiger partial charge is 0.338 e. The van der Waals surface area contributed by atoms with Crippen molar-refractivity contribution in [1.82, 2.24) is 4.90 Å². The fourth-order valence-electron chi connectivity index (χ4n) is 2.61. The Morgan fingerprint density at radius 3 is 2.54 bits per heavy atom. The average molecular weight is 334 g/mol. The van der Waals surface area contributed by atoms with E-state index in [4.69, 9.17) is 9.47 Å². The minimum atomic E-state index is -0.607. The van der Waals surface area contributed by atoms with Crippen LogP contribution in [0.2, 0.25) is 0 Å². The Labute approximate surface area is 140 Å². The van der Waals surface area contributed by atoms with E-state index in [9.17, 15) is 14.4 Å². The van der Waals surface area contributed by atoms with Crippen molar-refractivity contribution in [3.8, 4) is 0 Å². The molecule has 0 aromatic heterocycles. The van der Waals surface area contributed by atoms with Gasteiger partial charge < -0.3 is 19.7 Å². The summed E-state index contributed by atoms with van der Waals surface area (Å²) in [6.45, 7) is 5.83. The zero-order valence-corrected chi connectivity index (χ0v) is 14.1. The van der Waals surface area contributed by atoms with Gasteiger partial charge in [-0.1, -0.05) is 6.07 Å². The van der Waals surface area contributed by atoms with Crippen LogP contribution in [0.3, 0.4) is 0 Å². The molecule has 1 fully saturated rings. The molecule has 1 aromatic carbocycles. The minimum absolute atomic E-state index is 0.0391. The highest BCUT2D eigenvalue weighted by molar-refractivity contribution is 5.94. The highest BCUT2D eigenvalue weighted by Gasteiger charge is 2.26. The van der Waals surface area contributed by atoms with Crippen molar-refractivity contribution in [2.75, 3.05) is 25.0 Å². The first-order valence-corrected chi connectivity index (χ1v) is 7.83. The maximum Gasteiger partial charge on any atom is 0.338 e. The first kappa shape index (κ1) is 17.9. The molecule has 1 N–H and O–H groups in total. The van der Waals surface area contributed by atoms with Crippen molar-refractivity contribution < 1.29 is 23.9 Å². The molecule has 24 heavy (non-hydrogen) atoms. The molecule has 2 rings (SSSR count). The molecule has 7 heteroatoms. The molecule has 1 aliphatic rings. The highest BCUT2D eigenvalue weighted by Crippen LogP contribution is 2.13. The molecule has 2 atom stereocenters. The second kappa shape index (κ2) is 7.92. The standard InChI is InChI=1S/C17H22N2O5/c1-11-8-19(9-12(2)24-11)16(21)10-23-17(22)14-5-4-6-15(7-14)18-13(3)20/h4-7,11-12H,8-10H2,1-3H3,(H,18,20). The van der Waals surface area contributed by atoms with E-state index in [1.54, 1.807) is 23.1 Å². The third-order valence-corrected chi connectivity index (χ3v) is 3.52. The van der Waals surface area contributed by atoms with Gasteiger partial charge in [0.05, 0.1) is 17.8 Å². The molecule has 1 aliphatic heterocycles. The Bertz CT molecular complexity index is 621. The van der Waals surface area contributed by atoms with Gasteiger partial charge in [0.1, 0.15) is 0 Å². The number of hydrogen-bond donors (Lipinski definition) is 1. The van der Waals surface area contributed by atoms with Crippen molar-refractivity contribution in [3.05, 3.63) is 29.8 Å². The fourth-order valence-corrected chi connectivity index (χ4v) is 2.61. The Kier molecular flexibility index (Phi) is 5.92. The van der Waals surface area contributed by atoms with Crippen LogP contribution in [0.1, 0.15) is 31.1 Å². The summed E-state index contributed by atoms with van der Waals surface area (Å²) in [4.78, 5) is 36.9. The second-order valence-electron chi connectivity index (χ2n) is 5.89. The van der Waals surface area contributed by atoms with Crippen LogP contribution in [0.15, 0.2) is 24.3 Å². The largest absolute Gasteiger partial charge is 0.452 e. The summed E-state index contributed by atoms with van der Waals surface area (Å²) < 4.78 is 10.7. The summed E-state index contributed by atoms with van der Waals surface area (Å²) in [6, 6.07) is 6.37. The Morgan fingerprint density at radius 1 is 1.25 bits per heavy atom. The number of carbonyl (C=O) groups excluding carboxylic acids is 3. The topological polar surface area (TPSA) is 84.9 Å². The van der Waals surface area contributed by atoms with Crippen LogP contribution in [0.4, 0.5) is 5.69 Å². The van der Waals surface area contributed by atoms with E-state index < -0.39 is 5.97 Å². The molecule has 0 spiro atoms. The lowest BCUT2D eigenvalue weighted by Crippen LogP contribution is -2.49. The third kappa shape index (κ3) is 5.06. The number of hydrogen-bond acceptors (Lipinski definition) is 5. The lowest BCUT2D eigenvalue weighted by Gasteiger charge is -2.35. The van der Waals surface area contributed by atoms with Gasteiger partial charge in [0.25, 0.3) is 5.91 Å². The number of anilines is 1. The summed E-state index contributed by atoms with van der Waals surface area (Å²) >= 11 is 0. The van der Waals surface area contributed by atoms with E-state index >= 15 is 0 Å². The molecule has 130 valence electrons. The van der Waals surface area contributed by atoms with Gasteiger partial charge in [-0.15, -0.1) is 0 Å². The highest BCUT2D eigenvalue weighted by atomic mass is 16.5. The second-order valence-corrected chi connectivity index (χ2v) is 5.89. The van der Waals surface area contributed by atoms with E-state index in [-0.39, 0.29) is 36.2 Å². The molecule has 7 nitrogen and oxygen atoms in total. The van der Waals surface area contributed by atoms with E-state index in [1.807, 2.05) is 13.8 Å². The van der Waals surface area contributed by atoms with Gasteiger partial charge in [-0.25, -0.2) is 4.79 Å². The number of ether oxygens (including phenoxy) is 2. The molecular formula is C17H22N2O5. The molecule has 1 saturated heterocycles. The maximum atomic E-state index is 12.2. The predicted octanol–water partition coefficient (Wildman–Crippen LogP) is 1.44. The first-order valence-electron chi connectivity index (χ1n) is 7.83. The van der Waals surface area contributed by atoms with Crippen LogP contribution in [0, 0.1) is 0 Å². The predicted molar refractivity (Wildman–Crippen MR) is 87.6 cm³/mol. The normalized spacial score (nSPS) is 20.4. The molecular weight excluding hydrogens is 312 g/mol. The summed E-state index contributed by atoms with van der Waals surface area (Å²) in [5.41, 5.74) is 0.775. The maximum absolute atomic E-state index is 12.2.